The Kier molecular flexibility index (Phi) is 8.02. The highest BCUT2D eigenvalue weighted by atomic mass is 127. The van der Waals surface area contributed by atoms with Crippen molar-refractivity contribution in [1.29, 1.82) is 0 Å². The Labute approximate surface area is 206 Å². The summed E-state index contributed by atoms with van der Waals surface area (Å²) >= 11 is 2.19. The van der Waals surface area contributed by atoms with Gasteiger partial charge in [-0.05, 0) is 71.2 Å². The summed E-state index contributed by atoms with van der Waals surface area (Å²) < 4.78 is 7.04. The number of halogens is 1. The monoisotopic (exact) mass is 561 g/mol. The van der Waals surface area contributed by atoms with Crippen LogP contribution in [0.1, 0.15) is 12.1 Å². The molecule has 1 aliphatic carbocycles. The Bertz CT molecular complexity index is 1100. The topological polar surface area (TPSA) is 107 Å². The summed E-state index contributed by atoms with van der Waals surface area (Å²) in [6, 6.07) is 17.5. The molecule has 0 radical (unpaired) electrons. The first-order valence-corrected chi connectivity index (χ1v) is 12.1. The molecule has 3 aromatic rings. The molecular formula is C25H28IN3O4. The van der Waals surface area contributed by atoms with Gasteiger partial charge in [0.05, 0.1) is 10.2 Å². The molecule has 174 valence electrons. The lowest BCUT2D eigenvalue weighted by molar-refractivity contribution is -0.118. The molecule has 0 fully saturated rings. The summed E-state index contributed by atoms with van der Waals surface area (Å²) in [5.74, 6) is 0.405. The molecule has 0 aliphatic heterocycles. The van der Waals surface area contributed by atoms with Crippen LogP contribution in [0.15, 0.2) is 66.2 Å². The van der Waals surface area contributed by atoms with Crippen molar-refractivity contribution >= 4 is 39.4 Å². The van der Waals surface area contributed by atoms with Crippen LogP contribution >= 0.6 is 22.6 Å². The molecule has 1 amide bonds. The fraction of sp³-hybridized carbons (Fsp3) is 0.320. The van der Waals surface area contributed by atoms with Crippen molar-refractivity contribution < 1.29 is 19.7 Å². The minimum absolute atomic E-state index is 0.129. The first kappa shape index (κ1) is 23.7. The van der Waals surface area contributed by atoms with Gasteiger partial charge in [-0.15, -0.1) is 0 Å². The lowest BCUT2D eigenvalue weighted by Crippen LogP contribution is -2.52. The van der Waals surface area contributed by atoms with Gasteiger partial charge in [-0.25, -0.2) is 0 Å². The predicted octanol–water partition coefficient (Wildman–Crippen LogP) is 2.52. The summed E-state index contributed by atoms with van der Waals surface area (Å²) in [6.07, 6.45) is 1.33. The molecule has 0 saturated carbocycles. The van der Waals surface area contributed by atoms with E-state index in [4.69, 9.17) is 9.84 Å². The summed E-state index contributed by atoms with van der Waals surface area (Å²) in [5, 5.41) is 27.4. The van der Waals surface area contributed by atoms with Crippen LogP contribution < -0.4 is 15.4 Å². The zero-order valence-corrected chi connectivity index (χ0v) is 20.3. The zero-order valence-electron chi connectivity index (χ0n) is 18.1. The van der Waals surface area contributed by atoms with Crippen molar-refractivity contribution in [2.24, 2.45) is 0 Å². The van der Waals surface area contributed by atoms with Crippen LogP contribution in [0.4, 0.5) is 0 Å². The second kappa shape index (κ2) is 11.1. The van der Waals surface area contributed by atoms with Crippen molar-refractivity contribution in [2.75, 3.05) is 19.7 Å². The second-order valence-electron chi connectivity index (χ2n) is 8.07. The van der Waals surface area contributed by atoms with Crippen LogP contribution in [-0.2, 0) is 11.2 Å². The van der Waals surface area contributed by atoms with E-state index in [-0.39, 0.29) is 25.1 Å². The Balaban J connectivity index is 1.45. The molecule has 2 aromatic carbocycles. The molecule has 4 rings (SSSR count). The van der Waals surface area contributed by atoms with Gasteiger partial charge in [-0.1, -0.05) is 30.3 Å². The number of aromatic amines is 1. The molecule has 0 bridgehead atoms. The summed E-state index contributed by atoms with van der Waals surface area (Å²) in [5.41, 5.74) is 2.74. The normalized spacial score (nSPS) is 20.5. The molecule has 5 N–H and O–H groups in total. The van der Waals surface area contributed by atoms with Crippen LogP contribution in [0.3, 0.4) is 0 Å². The highest BCUT2D eigenvalue weighted by Gasteiger charge is 2.35. The Hall–Kier alpha value is -2.40. The lowest BCUT2D eigenvalue weighted by Gasteiger charge is -2.34. The van der Waals surface area contributed by atoms with E-state index in [1.807, 2.05) is 42.5 Å². The van der Waals surface area contributed by atoms with Crippen LogP contribution in [-0.4, -0.2) is 59.1 Å². The minimum Gasteiger partial charge on any atom is -0.482 e. The number of H-pyrrole nitrogens is 1. The van der Waals surface area contributed by atoms with Gasteiger partial charge < -0.3 is 30.6 Å². The number of aliphatic hydroxyl groups is 2. The smallest absolute Gasteiger partial charge is 0.247 e. The van der Waals surface area contributed by atoms with Crippen molar-refractivity contribution in [1.82, 2.24) is 15.6 Å². The van der Waals surface area contributed by atoms with Gasteiger partial charge in [0.25, 0.3) is 0 Å². The quantitative estimate of drug-likeness (QED) is 0.258. The van der Waals surface area contributed by atoms with E-state index in [9.17, 15) is 9.90 Å². The van der Waals surface area contributed by atoms with E-state index in [0.29, 0.717) is 24.3 Å². The van der Waals surface area contributed by atoms with Gasteiger partial charge in [-0.3, -0.25) is 4.79 Å². The van der Waals surface area contributed by atoms with Crippen LogP contribution in [0.25, 0.3) is 10.9 Å². The van der Waals surface area contributed by atoms with Gasteiger partial charge >= 0.3 is 0 Å². The molecule has 1 aliphatic rings. The van der Waals surface area contributed by atoms with Crippen molar-refractivity contribution in [2.45, 2.75) is 31.1 Å². The summed E-state index contributed by atoms with van der Waals surface area (Å²) in [4.78, 5) is 16.0. The maximum Gasteiger partial charge on any atom is 0.247 e. The number of aliphatic hydroxyl groups excluding tert-OH is 2. The molecule has 8 heteroatoms. The fourth-order valence-electron chi connectivity index (χ4n) is 4.05. The van der Waals surface area contributed by atoms with E-state index in [1.165, 1.54) is 5.39 Å². The number of benzene rings is 2. The average Bonchev–Trinajstić information content (AvgIpc) is 3.24. The van der Waals surface area contributed by atoms with Gasteiger partial charge in [0.1, 0.15) is 18.0 Å². The molecular weight excluding hydrogens is 533 g/mol. The van der Waals surface area contributed by atoms with Gasteiger partial charge in [0.2, 0.25) is 5.91 Å². The minimum atomic E-state index is -0.821. The molecule has 1 heterocycles. The Morgan fingerprint density at radius 1 is 1.15 bits per heavy atom. The van der Waals surface area contributed by atoms with Gasteiger partial charge in [-0.2, -0.15) is 0 Å². The van der Waals surface area contributed by atoms with Crippen molar-refractivity contribution in [3.63, 3.8) is 0 Å². The molecule has 0 saturated heterocycles. The molecule has 7 nitrogen and oxygen atoms in total. The van der Waals surface area contributed by atoms with Gasteiger partial charge in [0, 0.05) is 35.9 Å². The van der Waals surface area contributed by atoms with Crippen LogP contribution in [0.5, 0.6) is 5.75 Å². The lowest BCUT2D eigenvalue weighted by atomic mass is 9.89. The van der Waals surface area contributed by atoms with Crippen LogP contribution in [0, 0.1) is 3.57 Å². The number of hydrogen-bond acceptors (Lipinski definition) is 5. The maximum atomic E-state index is 12.6. The highest BCUT2D eigenvalue weighted by molar-refractivity contribution is 14.1. The Morgan fingerprint density at radius 3 is 2.73 bits per heavy atom. The number of para-hydroxylation sites is 2. The highest BCUT2D eigenvalue weighted by Crippen LogP contribution is 2.27. The van der Waals surface area contributed by atoms with E-state index in [0.717, 1.165) is 21.2 Å². The van der Waals surface area contributed by atoms with E-state index in [2.05, 4.69) is 50.3 Å². The number of aromatic nitrogens is 1. The third-order valence-electron chi connectivity index (χ3n) is 5.73. The number of rotatable bonds is 9. The largest absolute Gasteiger partial charge is 0.482 e. The predicted molar refractivity (Wildman–Crippen MR) is 136 cm³/mol. The third kappa shape index (κ3) is 5.94. The number of amides is 1. The van der Waals surface area contributed by atoms with E-state index in [1.54, 1.807) is 6.08 Å². The summed E-state index contributed by atoms with van der Waals surface area (Å²) in [7, 11) is 0. The molecule has 3 unspecified atom stereocenters. The molecule has 33 heavy (non-hydrogen) atoms. The van der Waals surface area contributed by atoms with Crippen molar-refractivity contribution in [3.05, 3.63) is 75.5 Å². The zero-order chi connectivity index (χ0) is 23.2. The first-order chi connectivity index (χ1) is 16.0. The van der Waals surface area contributed by atoms with E-state index < -0.39 is 12.2 Å². The number of nitrogens with one attached hydrogen (secondary N) is 3. The molecule has 3 atom stereocenters. The van der Waals surface area contributed by atoms with Gasteiger partial charge in [0.15, 0.2) is 0 Å². The van der Waals surface area contributed by atoms with E-state index >= 15 is 0 Å². The number of carbonyl (C=O) groups is 1. The fourth-order valence-corrected chi connectivity index (χ4v) is 4.56. The Morgan fingerprint density at radius 2 is 1.94 bits per heavy atom. The standard InChI is InChI=1S/C25H28IN3O4/c26-19-6-2-4-8-22(19)33-23-15-17(25(32)28-11-12-30)14-21(24(23)31)27-10-9-18-13-16-5-1-3-7-20(16)29-18/h1-8,13,15,21,23-24,27,29-31H,9-12,14H2,(H,28,32). The molecule has 1 aromatic heterocycles. The molecule has 0 spiro atoms. The van der Waals surface area contributed by atoms with Crippen molar-refractivity contribution in [3.8, 4) is 5.75 Å². The first-order valence-electron chi connectivity index (χ1n) is 11.0. The SMILES string of the molecule is O=C(NCCO)C1=CC(Oc2ccccc2I)C(O)C(NCCc2cc3ccccc3[nH]2)C1. The number of fused-ring (bicyclic) bond motifs is 1. The third-order valence-corrected chi connectivity index (χ3v) is 6.62. The average molecular weight is 561 g/mol. The number of carbonyl (C=O) groups excluding carboxylic acids is 1. The summed E-state index contributed by atoms with van der Waals surface area (Å²) in [6.45, 7) is 0.685. The second-order valence-corrected chi connectivity index (χ2v) is 9.23. The maximum absolute atomic E-state index is 12.6. The number of ether oxygens (including phenoxy) is 1. The van der Waals surface area contributed by atoms with Crippen LogP contribution in [0.2, 0.25) is 0 Å². The number of hydrogen-bond donors (Lipinski definition) is 5.